The van der Waals surface area contributed by atoms with Gasteiger partial charge in [-0.25, -0.2) is 4.39 Å². The molecule has 0 amide bonds. The molecule has 0 aliphatic heterocycles. The zero-order chi connectivity index (χ0) is 13.1. The van der Waals surface area contributed by atoms with Gasteiger partial charge in [0.15, 0.2) is 0 Å². The highest BCUT2D eigenvalue weighted by Gasteiger charge is 2.26. The summed E-state index contributed by atoms with van der Waals surface area (Å²) in [6.45, 7) is 0.812. The van der Waals surface area contributed by atoms with Crippen LogP contribution in [-0.4, -0.2) is 22.8 Å². The summed E-state index contributed by atoms with van der Waals surface area (Å²) in [5.74, 6) is -0.348. The van der Waals surface area contributed by atoms with Crippen LogP contribution in [0, 0.1) is 5.82 Å². The monoisotopic (exact) mass is 333 g/mol. The van der Waals surface area contributed by atoms with Crippen molar-refractivity contribution in [2.45, 2.75) is 43.1 Å². The number of hydrogen-bond donors (Lipinski definition) is 0. The highest BCUT2D eigenvalue weighted by Crippen LogP contribution is 2.29. The molecule has 1 aliphatic carbocycles. The molecule has 1 aromatic carbocycles. The maximum atomic E-state index is 13.1. The van der Waals surface area contributed by atoms with E-state index in [1.54, 1.807) is 6.07 Å². The lowest BCUT2D eigenvalue weighted by molar-refractivity contribution is 0.193. The van der Waals surface area contributed by atoms with Crippen LogP contribution in [-0.2, 0) is 6.54 Å². The van der Waals surface area contributed by atoms with Crippen LogP contribution >= 0.6 is 27.5 Å². The van der Waals surface area contributed by atoms with Gasteiger partial charge in [-0.15, -0.1) is 0 Å². The molecular weight excluding hydrogens is 317 g/mol. The zero-order valence-electron chi connectivity index (χ0n) is 10.5. The molecule has 0 heterocycles. The Kier molecular flexibility index (Phi) is 5.05. The predicted octanol–water partition coefficient (Wildman–Crippen LogP) is 4.62. The molecule has 1 aliphatic rings. The van der Waals surface area contributed by atoms with Crippen molar-refractivity contribution in [2.75, 3.05) is 7.05 Å². The van der Waals surface area contributed by atoms with Crippen molar-refractivity contribution >= 4 is 27.5 Å². The standard InChI is InChI=1S/C14H18BrClFN/c1-18(14-5-3-2-4-11(14)15)9-10-6-7-13(17)12(16)8-10/h6-8,11,14H,2-5,9H2,1H3. The Morgan fingerprint density at radius 1 is 1.39 bits per heavy atom. The lowest BCUT2D eigenvalue weighted by Crippen LogP contribution is -2.40. The average molecular weight is 335 g/mol. The van der Waals surface area contributed by atoms with Gasteiger partial charge in [0.2, 0.25) is 0 Å². The minimum Gasteiger partial charge on any atom is -0.298 e. The summed E-state index contributed by atoms with van der Waals surface area (Å²) in [7, 11) is 2.13. The van der Waals surface area contributed by atoms with Crippen molar-refractivity contribution in [3.63, 3.8) is 0 Å². The smallest absolute Gasteiger partial charge is 0.141 e. The molecule has 2 atom stereocenters. The van der Waals surface area contributed by atoms with Gasteiger partial charge >= 0.3 is 0 Å². The van der Waals surface area contributed by atoms with Crippen molar-refractivity contribution in [2.24, 2.45) is 0 Å². The van der Waals surface area contributed by atoms with Crippen molar-refractivity contribution in [1.29, 1.82) is 0 Å². The van der Waals surface area contributed by atoms with Gasteiger partial charge in [0, 0.05) is 17.4 Å². The Balaban J connectivity index is 2.01. The summed E-state index contributed by atoms with van der Waals surface area (Å²) >= 11 is 9.58. The van der Waals surface area contributed by atoms with Gasteiger partial charge in [-0.2, -0.15) is 0 Å². The summed E-state index contributed by atoms with van der Waals surface area (Å²) < 4.78 is 13.1. The van der Waals surface area contributed by atoms with Crippen LogP contribution in [0.1, 0.15) is 31.2 Å². The van der Waals surface area contributed by atoms with Crippen molar-refractivity contribution in [3.05, 3.63) is 34.6 Å². The van der Waals surface area contributed by atoms with Gasteiger partial charge in [0.05, 0.1) is 5.02 Å². The first kappa shape index (κ1) is 14.3. The Bertz CT molecular complexity index is 413. The summed E-state index contributed by atoms with van der Waals surface area (Å²) in [4.78, 5) is 2.90. The molecule has 1 nitrogen and oxygen atoms in total. The van der Waals surface area contributed by atoms with Crippen molar-refractivity contribution in [1.82, 2.24) is 4.90 Å². The average Bonchev–Trinajstić information content (AvgIpc) is 2.34. The van der Waals surface area contributed by atoms with Gasteiger partial charge in [0.25, 0.3) is 0 Å². The van der Waals surface area contributed by atoms with E-state index in [0.717, 1.165) is 12.1 Å². The van der Waals surface area contributed by atoms with Crippen LogP contribution in [0.25, 0.3) is 0 Å². The summed E-state index contributed by atoms with van der Waals surface area (Å²) in [6.07, 6.45) is 5.06. The van der Waals surface area contributed by atoms with E-state index in [0.29, 0.717) is 10.9 Å². The van der Waals surface area contributed by atoms with Crippen LogP contribution in [0.5, 0.6) is 0 Å². The molecule has 2 rings (SSSR count). The van der Waals surface area contributed by atoms with Gasteiger partial charge < -0.3 is 0 Å². The largest absolute Gasteiger partial charge is 0.298 e. The predicted molar refractivity (Wildman–Crippen MR) is 77.8 cm³/mol. The second-order valence-corrected chi connectivity index (χ2v) is 6.61. The molecule has 0 spiro atoms. The summed E-state index contributed by atoms with van der Waals surface area (Å²) in [5.41, 5.74) is 1.06. The lowest BCUT2D eigenvalue weighted by Gasteiger charge is -2.35. The van der Waals surface area contributed by atoms with Gasteiger partial charge in [-0.1, -0.05) is 46.4 Å². The van der Waals surface area contributed by atoms with Gasteiger partial charge in [-0.3, -0.25) is 4.90 Å². The fourth-order valence-corrected chi connectivity index (χ4v) is 3.80. The lowest BCUT2D eigenvalue weighted by atomic mass is 9.94. The molecule has 100 valence electrons. The molecule has 0 saturated heterocycles. The SMILES string of the molecule is CN(Cc1ccc(F)c(Cl)c1)C1CCCCC1Br. The topological polar surface area (TPSA) is 3.24 Å². The number of halogens is 3. The summed E-state index contributed by atoms with van der Waals surface area (Å²) in [6, 6.07) is 5.53. The van der Waals surface area contributed by atoms with E-state index in [1.807, 2.05) is 6.07 Å². The van der Waals surface area contributed by atoms with Gasteiger partial charge in [0.1, 0.15) is 5.82 Å². The molecule has 2 unspecified atom stereocenters. The van der Waals surface area contributed by atoms with E-state index >= 15 is 0 Å². The molecule has 1 saturated carbocycles. The molecule has 4 heteroatoms. The number of rotatable bonds is 3. The normalized spacial score (nSPS) is 24.5. The quantitative estimate of drug-likeness (QED) is 0.729. The Labute approximate surface area is 121 Å². The van der Waals surface area contributed by atoms with E-state index in [-0.39, 0.29) is 10.8 Å². The summed E-state index contributed by atoms with van der Waals surface area (Å²) in [5, 5.41) is 0.208. The maximum absolute atomic E-state index is 13.1. The van der Waals surface area contributed by atoms with Crippen LogP contribution in [0.4, 0.5) is 4.39 Å². The fraction of sp³-hybridized carbons (Fsp3) is 0.571. The molecule has 0 bridgehead atoms. The van der Waals surface area contributed by atoms with Crippen LogP contribution < -0.4 is 0 Å². The first-order valence-corrected chi connectivity index (χ1v) is 7.65. The second-order valence-electron chi connectivity index (χ2n) is 5.03. The van der Waals surface area contributed by atoms with Crippen LogP contribution in [0.15, 0.2) is 18.2 Å². The number of hydrogen-bond acceptors (Lipinski definition) is 1. The zero-order valence-corrected chi connectivity index (χ0v) is 12.8. The molecule has 0 radical (unpaired) electrons. The number of nitrogens with zero attached hydrogens (tertiary/aromatic N) is 1. The van der Waals surface area contributed by atoms with Gasteiger partial charge in [-0.05, 0) is 37.6 Å². The molecule has 1 fully saturated rings. The molecule has 0 N–H and O–H groups in total. The van der Waals surface area contributed by atoms with E-state index in [2.05, 4.69) is 27.9 Å². The first-order valence-electron chi connectivity index (χ1n) is 6.36. The molecular formula is C14H18BrClFN. The maximum Gasteiger partial charge on any atom is 0.141 e. The fourth-order valence-electron chi connectivity index (χ4n) is 2.61. The third-order valence-electron chi connectivity index (χ3n) is 3.63. The molecule has 0 aromatic heterocycles. The second kappa shape index (κ2) is 6.36. The highest BCUT2D eigenvalue weighted by atomic mass is 79.9. The van der Waals surface area contributed by atoms with Crippen LogP contribution in [0.3, 0.4) is 0 Å². The minimum atomic E-state index is -0.348. The minimum absolute atomic E-state index is 0.208. The van der Waals surface area contributed by atoms with E-state index in [9.17, 15) is 4.39 Å². The first-order chi connectivity index (χ1) is 8.58. The molecule has 18 heavy (non-hydrogen) atoms. The Hall–Kier alpha value is -0.120. The van der Waals surface area contributed by atoms with Crippen LogP contribution in [0.2, 0.25) is 5.02 Å². The number of benzene rings is 1. The number of alkyl halides is 1. The van der Waals surface area contributed by atoms with E-state index in [1.165, 1.54) is 31.7 Å². The van der Waals surface area contributed by atoms with E-state index in [4.69, 9.17) is 11.6 Å². The highest BCUT2D eigenvalue weighted by molar-refractivity contribution is 9.09. The Morgan fingerprint density at radius 3 is 2.78 bits per heavy atom. The van der Waals surface area contributed by atoms with E-state index < -0.39 is 0 Å². The third-order valence-corrected chi connectivity index (χ3v) is 4.99. The van der Waals surface area contributed by atoms with Crippen molar-refractivity contribution < 1.29 is 4.39 Å². The Morgan fingerprint density at radius 2 is 2.11 bits per heavy atom. The van der Waals surface area contributed by atoms with Crippen molar-refractivity contribution in [3.8, 4) is 0 Å². The third kappa shape index (κ3) is 3.46. The molecule has 1 aromatic rings.